The molecule has 0 aliphatic carbocycles. The zero-order valence-electron chi connectivity index (χ0n) is 17.0. The van der Waals surface area contributed by atoms with Gasteiger partial charge in [-0.25, -0.2) is 4.98 Å². The number of guanidine groups is 1. The van der Waals surface area contributed by atoms with E-state index in [1.165, 1.54) is 5.56 Å². The van der Waals surface area contributed by atoms with E-state index in [1.807, 2.05) is 24.4 Å². The Hall–Kier alpha value is -2.02. The summed E-state index contributed by atoms with van der Waals surface area (Å²) >= 11 is 12.2. The molecule has 2 heterocycles. The van der Waals surface area contributed by atoms with E-state index in [1.54, 1.807) is 13.1 Å². The summed E-state index contributed by atoms with van der Waals surface area (Å²) in [5.74, 6) is 1.75. The van der Waals surface area contributed by atoms with Gasteiger partial charge in [0.05, 0.1) is 0 Å². The van der Waals surface area contributed by atoms with Crippen molar-refractivity contribution in [3.05, 3.63) is 57.7 Å². The third-order valence-electron chi connectivity index (χ3n) is 5.10. The van der Waals surface area contributed by atoms with E-state index in [2.05, 4.69) is 43.4 Å². The van der Waals surface area contributed by atoms with Crippen molar-refractivity contribution >= 4 is 35.0 Å². The number of anilines is 1. The van der Waals surface area contributed by atoms with E-state index in [4.69, 9.17) is 23.2 Å². The third-order valence-corrected chi connectivity index (χ3v) is 5.69. The molecule has 156 valence electrons. The largest absolute Gasteiger partial charge is 0.354 e. The van der Waals surface area contributed by atoms with Crippen molar-refractivity contribution in [1.29, 1.82) is 0 Å². The summed E-state index contributed by atoms with van der Waals surface area (Å²) in [7, 11) is 1.75. The van der Waals surface area contributed by atoms with E-state index >= 15 is 0 Å². The average Bonchev–Trinajstić information content (AvgIpc) is 2.75. The van der Waals surface area contributed by atoms with Crippen LogP contribution in [0.2, 0.25) is 10.0 Å². The second-order valence-corrected chi connectivity index (χ2v) is 7.80. The molecule has 2 aromatic rings. The number of benzene rings is 1. The Kier molecular flexibility index (Phi) is 7.98. The minimum atomic E-state index is 0.568. The van der Waals surface area contributed by atoms with Gasteiger partial charge in [-0.2, -0.15) is 0 Å². The Bertz CT molecular complexity index is 834. The monoisotopic (exact) mass is 434 g/mol. The van der Waals surface area contributed by atoms with Gasteiger partial charge in [0.15, 0.2) is 5.96 Å². The summed E-state index contributed by atoms with van der Waals surface area (Å²) in [6.07, 6.45) is 1.88. The smallest absolute Gasteiger partial charge is 0.191 e. The zero-order chi connectivity index (χ0) is 20.6. The SMILES string of the molecule is CCN1CCN(c2cc(CNC(=NC)NCc3ccc(Cl)cc3Cl)ccn2)CC1. The number of piperazine rings is 1. The van der Waals surface area contributed by atoms with E-state index < -0.39 is 0 Å². The van der Waals surface area contributed by atoms with Gasteiger partial charge in [0.25, 0.3) is 0 Å². The van der Waals surface area contributed by atoms with Crippen molar-refractivity contribution in [2.24, 2.45) is 4.99 Å². The molecule has 1 aliphatic rings. The first-order valence-corrected chi connectivity index (χ1v) is 10.6. The van der Waals surface area contributed by atoms with Crippen LogP contribution in [0.1, 0.15) is 18.1 Å². The molecule has 1 fully saturated rings. The lowest BCUT2D eigenvalue weighted by atomic mass is 10.2. The Labute approximate surface area is 182 Å². The van der Waals surface area contributed by atoms with E-state index in [0.29, 0.717) is 29.1 Å². The van der Waals surface area contributed by atoms with E-state index in [9.17, 15) is 0 Å². The third kappa shape index (κ3) is 6.23. The molecular weight excluding hydrogens is 407 g/mol. The Morgan fingerprint density at radius 1 is 1.07 bits per heavy atom. The van der Waals surface area contributed by atoms with Crippen LogP contribution >= 0.6 is 23.2 Å². The van der Waals surface area contributed by atoms with Crippen molar-refractivity contribution in [3.63, 3.8) is 0 Å². The summed E-state index contributed by atoms with van der Waals surface area (Å²) in [6.45, 7) is 8.76. The molecule has 0 atom stereocenters. The maximum Gasteiger partial charge on any atom is 0.191 e. The Balaban J connectivity index is 1.53. The summed E-state index contributed by atoms with van der Waals surface area (Å²) in [5.41, 5.74) is 2.14. The summed E-state index contributed by atoms with van der Waals surface area (Å²) in [5, 5.41) is 7.91. The number of aromatic nitrogens is 1. The highest BCUT2D eigenvalue weighted by atomic mass is 35.5. The predicted molar refractivity (Wildman–Crippen MR) is 122 cm³/mol. The molecule has 1 saturated heterocycles. The first-order valence-electron chi connectivity index (χ1n) is 9.89. The number of pyridine rings is 1. The molecule has 0 radical (unpaired) electrons. The molecular formula is C21H28Cl2N6. The lowest BCUT2D eigenvalue weighted by molar-refractivity contribution is 0.270. The Morgan fingerprint density at radius 2 is 1.83 bits per heavy atom. The first-order chi connectivity index (χ1) is 14.1. The van der Waals surface area contributed by atoms with Crippen molar-refractivity contribution in [1.82, 2.24) is 20.5 Å². The predicted octanol–water partition coefficient (Wildman–Crippen LogP) is 3.40. The zero-order valence-corrected chi connectivity index (χ0v) is 18.5. The van der Waals surface area contributed by atoms with Crippen LogP contribution in [0.4, 0.5) is 5.82 Å². The fourth-order valence-electron chi connectivity index (χ4n) is 3.29. The van der Waals surface area contributed by atoms with Gasteiger partial charge in [-0.1, -0.05) is 36.2 Å². The molecule has 2 N–H and O–H groups in total. The number of hydrogen-bond acceptors (Lipinski definition) is 4. The topological polar surface area (TPSA) is 55.8 Å². The van der Waals surface area contributed by atoms with Gasteiger partial charge in [-0.15, -0.1) is 0 Å². The van der Waals surface area contributed by atoms with Gasteiger partial charge in [0, 0.05) is 62.6 Å². The molecule has 0 bridgehead atoms. The van der Waals surface area contributed by atoms with Crippen molar-refractivity contribution in [2.45, 2.75) is 20.0 Å². The van der Waals surface area contributed by atoms with Crippen molar-refractivity contribution in [2.75, 3.05) is 44.7 Å². The fourth-order valence-corrected chi connectivity index (χ4v) is 3.76. The quantitative estimate of drug-likeness (QED) is 0.538. The molecule has 0 saturated carbocycles. The highest BCUT2D eigenvalue weighted by molar-refractivity contribution is 6.35. The lowest BCUT2D eigenvalue weighted by Crippen LogP contribution is -2.46. The molecule has 0 spiro atoms. The molecule has 1 aromatic heterocycles. The molecule has 0 amide bonds. The van der Waals surface area contributed by atoms with Crippen molar-refractivity contribution in [3.8, 4) is 0 Å². The van der Waals surface area contributed by atoms with Crippen LogP contribution in [-0.4, -0.2) is 55.6 Å². The molecule has 0 unspecified atom stereocenters. The van der Waals surface area contributed by atoms with Crippen molar-refractivity contribution < 1.29 is 0 Å². The summed E-state index contributed by atoms with van der Waals surface area (Å²) < 4.78 is 0. The second kappa shape index (κ2) is 10.7. The Morgan fingerprint density at radius 3 is 2.52 bits per heavy atom. The second-order valence-electron chi connectivity index (χ2n) is 6.96. The van der Waals surface area contributed by atoms with Crippen LogP contribution in [0.5, 0.6) is 0 Å². The highest BCUT2D eigenvalue weighted by Gasteiger charge is 2.16. The minimum absolute atomic E-state index is 0.568. The number of hydrogen-bond donors (Lipinski definition) is 2. The van der Waals surface area contributed by atoms with Crippen LogP contribution in [0.15, 0.2) is 41.5 Å². The number of nitrogens with one attached hydrogen (secondary N) is 2. The maximum atomic E-state index is 6.24. The summed E-state index contributed by atoms with van der Waals surface area (Å²) in [6, 6.07) is 9.67. The summed E-state index contributed by atoms with van der Waals surface area (Å²) in [4.78, 5) is 13.7. The van der Waals surface area contributed by atoms with Gasteiger partial charge < -0.3 is 20.4 Å². The molecule has 6 nitrogen and oxygen atoms in total. The maximum absolute atomic E-state index is 6.24. The van der Waals surface area contributed by atoms with Gasteiger partial charge in [0.2, 0.25) is 0 Å². The standard InChI is InChI=1S/C21H28Cl2N6/c1-3-28-8-10-29(11-9-28)20-12-16(6-7-25-20)14-26-21(24-2)27-15-17-4-5-18(22)13-19(17)23/h4-7,12-13H,3,8-11,14-15H2,1-2H3,(H2,24,26,27). The average molecular weight is 435 g/mol. The fraction of sp³-hybridized carbons (Fsp3) is 0.429. The lowest BCUT2D eigenvalue weighted by Gasteiger charge is -2.34. The number of rotatable bonds is 6. The van der Waals surface area contributed by atoms with Crippen LogP contribution in [0, 0.1) is 0 Å². The van der Waals surface area contributed by atoms with Gasteiger partial charge >= 0.3 is 0 Å². The van der Waals surface area contributed by atoms with Gasteiger partial charge in [-0.3, -0.25) is 4.99 Å². The number of nitrogens with zero attached hydrogens (tertiary/aromatic N) is 4. The van der Waals surface area contributed by atoms with E-state index in [-0.39, 0.29) is 0 Å². The van der Waals surface area contributed by atoms with Gasteiger partial charge in [0.1, 0.15) is 5.82 Å². The molecule has 1 aromatic carbocycles. The van der Waals surface area contributed by atoms with Crippen LogP contribution in [0.25, 0.3) is 0 Å². The van der Waals surface area contributed by atoms with Crippen LogP contribution in [0.3, 0.4) is 0 Å². The van der Waals surface area contributed by atoms with Gasteiger partial charge in [-0.05, 0) is 41.9 Å². The number of likely N-dealkylation sites (N-methyl/N-ethyl adjacent to an activating group) is 1. The number of aliphatic imine (C=N–C) groups is 1. The number of halogens is 2. The van der Waals surface area contributed by atoms with E-state index in [0.717, 1.165) is 44.1 Å². The molecule has 3 rings (SSSR count). The highest BCUT2D eigenvalue weighted by Crippen LogP contribution is 2.20. The van der Waals surface area contributed by atoms with Crippen LogP contribution in [-0.2, 0) is 13.1 Å². The van der Waals surface area contributed by atoms with Crippen LogP contribution < -0.4 is 15.5 Å². The molecule has 8 heteroatoms. The molecule has 1 aliphatic heterocycles. The normalized spacial score (nSPS) is 15.4. The molecule has 29 heavy (non-hydrogen) atoms. The first kappa shape index (κ1) is 21.7. The minimum Gasteiger partial charge on any atom is -0.354 e.